The molecule has 0 fully saturated rings. The van der Waals surface area contributed by atoms with Crippen molar-refractivity contribution in [1.29, 1.82) is 0 Å². The smallest absolute Gasteiger partial charge is 0.230 e. The molecule has 1 heterocycles. The van der Waals surface area contributed by atoms with E-state index in [2.05, 4.69) is 10.5 Å². The third-order valence-corrected chi connectivity index (χ3v) is 2.58. The molecule has 0 aliphatic heterocycles. The van der Waals surface area contributed by atoms with E-state index in [4.69, 9.17) is 10.3 Å². The summed E-state index contributed by atoms with van der Waals surface area (Å²) in [5.41, 5.74) is 7.53. The van der Waals surface area contributed by atoms with Crippen LogP contribution in [0.4, 0.5) is 5.82 Å². The molecule has 0 unspecified atom stereocenters. The maximum atomic E-state index is 11.8. The van der Waals surface area contributed by atoms with E-state index in [1.165, 1.54) is 0 Å². The van der Waals surface area contributed by atoms with Gasteiger partial charge in [-0.25, -0.2) is 0 Å². The van der Waals surface area contributed by atoms with Crippen LogP contribution in [0, 0.1) is 6.92 Å². The molecule has 5 heteroatoms. The van der Waals surface area contributed by atoms with Gasteiger partial charge in [-0.2, -0.15) is 0 Å². The number of nitrogens with two attached hydrogens (primary N) is 1. The van der Waals surface area contributed by atoms with Gasteiger partial charge in [0, 0.05) is 12.6 Å². The van der Waals surface area contributed by atoms with Gasteiger partial charge in [-0.15, -0.1) is 0 Å². The molecule has 5 nitrogen and oxygen atoms in total. The number of aromatic nitrogens is 1. The highest BCUT2D eigenvalue weighted by Gasteiger charge is 2.09. The van der Waals surface area contributed by atoms with E-state index in [0.29, 0.717) is 18.1 Å². The van der Waals surface area contributed by atoms with Crippen molar-refractivity contribution in [2.24, 2.45) is 5.73 Å². The van der Waals surface area contributed by atoms with Crippen LogP contribution in [-0.2, 0) is 17.8 Å². The van der Waals surface area contributed by atoms with Crippen molar-refractivity contribution >= 4 is 11.7 Å². The fraction of sp³-hybridized carbons (Fsp3) is 0.231. The van der Waals surface area contributed by atoms with Gasteiger partial charge in [0.05, 0.1) is 6.42 Å². The lowest BCUT2D eigenvalue weighted by atomic mass is 10.0. The molecule has 0 spiro atoms. The summed E-state index contributed by atoms with van der Waals surface area (Å²) in [5, 5.41) is 6.39. The van der Waals surface area contributed by atoms with Crippen LogP contribution in [0.15, 0.2) is 34.9 Å². The molecule has 18 heavy (non-hydrogen) atoms. The number of carbonyl (C=O) groups is 1. The van der Waals surface area contributed by atoms with Gasteiger partial charge < -0.3 is 15.6 Å². The lowest BCUT2D eigenvalue weighted by molar-refractivity contribution is -0.115. The zero-order valence-corrected chi connectivity index (χ0v) is 10.1. The SMILES string of the molecule is Cc1cc(NC(=O)Cc2ccccc2CN)no1. The van der Waals surface area contributed by atoms with Crippen LogP contribution in [0.3, 0.4) is 0 Å². The lowest BCUT2D eigenvalue weighted by Crippen LogP contribution is -2.16. The van der Waals surface area contributed by atoms with E-state index >= 15 is 0 Å². The van der Waals surface area contributed by atoms with Crippen molar-refractivity contribution < 1.29 is 9.32 Å². The van der Waals surface area contributed by atoms with Gasteiger partial charge in [-0.05, 0) is 18.1 Å². The first-order chi connectivity index (χ1) is 8.69. The fourth-order valence-electron chi connectivity index (χ4n) is 1.71. The van der Waals surface area contributed by atoms with E-state index in [1.807, 2.05) is 24.3 Å². The highest BCUT2D eigenvalue weighted by molar-refractivity contribution is 5.91. The average Bonchev–Trinajstić information content (AvgIpc) is 2.75. The molecule has 2 rings (SSSR count). The van der Waals surface area contributed by atoms with Gasteiger partial charge in [0.1, 0.15) is 5.76 Å². The minimum Gasteiger partial charge on any atom is -0.360 e. The summed E-state index contributed by atoms with van der Waals surface area (Å²) < 4.78 is 4.88. The maximum Gasteiger partial charge on any atom is 0.230 e. The van der Waals surface area contributed by atoms with Crippen LogP contribution < -0.4 is 11.1 Å². The summed E-state index contributed by atoms with van der Waals surface area (Å²) in [6.07, 6.45) is 0.277. The molecule has 0 aliphatic carbocycles. The fourth-order valence-corrected chi connectivity index (χ4v) is 1.71. The summed E-state index contributed by atoms with van der Waals surface area (Å²) >= 11 is 0. The number of nitrogens with one attached hydrogen (secondary N) is 1. The summed E-state index contributed by atoms with van der Waals surface area (Å²) in [5.74, 6) is 0.958. The molecular weight excluding hydrogens is 230 g/mol. The van der Waals surface area contributed by atoms with Crippen molar-refractivity contribution in [1.82, 2.24) is 5.16 Å². The van der Waals surface area contributed by atoms with Crippen LogP contribution in [0.1, 0.15) is 16.9 Å². The van der Waals surface area contributed by atoms with Crippen LogP contribution >= 0.6 is 0 Å². The van der Waals surface area contributed by atoms with Crippen molar-refractivity contribution in [2.45, 2.75) is 19.9 Å². The molecule has 0 saturated heterocycles. The minimum atomic E-state index is -0.135. The average molecular weight is 245 g/mol. The Labute approximate surface area is 105 Å². The third kappa shape index (κ3) is 2.95. The molecule has 3 N–H and O–H groups in total. The largest absolute Gasteiger partial charge is 0.360 e. The Morgan fingerprint density at radius 3 is 2.72 bits per heavy atom. The highest BCUT2D eigenvalue weighted by atomic mass is 16.5. The van der Waals surface area contributed by atoms with E-state index in [0.717, 1.165) is 11.1 Å². The molecule has 0 atom stereocenters. The number of carbonyl (C=O) groups excluding carboxylic acids is 1. The Hall–Kier alpha value is -2.14. The second-order valence-electron chi connectivity index (χ2n) is 4.02. The Kier molecular flexibility index (Phi) is 3.74. The number of hydrogen-bond donors (Lipinski definition) is 2. The van der Waals surface area contributed by atoms with Gasteiger partial charge in [0.25, 0.3) is 0 Å². The first kappa shape index (κ1) is 12.3. The first-order valence-corrected chi connectivity index (χ1v) is 5.69. The first-order valence-electron chi connectivity index (χ1n) is 5.69. The summed E-state index contributed by atoms with van der Waals surface area (Å²) in [4.78, 5) is 11.8. The monoisotopic (exact) mass is 245 g/mol. The van der Waals surface area contributed by atoms with Gasteiger partial charge in [0.2, 0.25) is 5.91 Å². The second-order valence-corrected chi connectivity index (χ2v) is 4.02. The standard InChI is InChI=1S/C13H15N3O2/c1-9-6-12(16-18-9)15-13(17)7-10-4-2-3-5-11(10)8-14/h2-6H,7-8,14H2,1H3,(H,15,16,17). The Morgan fingerprint density at radius 1 is 1.39 bits per heavy atom. The molecule has 0 aliphatic rings. The predicted molar refractivity (Wildman–Crippen MR) is 67.9 cm³/mol. The molecule has 0 radical (unpaired) electrons. The van der Waals surface area contributed by atoms with Crippen molar-refractivity contribution in [3.8, 4) is 0 Å². The number of benzene rings is 1. The van der Waals surface area contributed by atoms with E-state index in [1.54, 1.807) is 13.0 Å². The topological polar surface area (TPSA) is 81.2 Å². The molecule has 1 aromatic heterocycles. The quantitative estimate of drug-likeness (QED) is 0.857. The Bertz CT molecular complexity index is 549. The van der Waals surface area contributed by atoms with Gasteiger partial charge in [-0.1, -0.05) is 29.4 Å². The van der Waals surface area contributed by atoms with Gasteiger partial charge in [0.15, 0.2) is 5.82 Å². The number of amides is 1. The molecule has 94 valence electrons. The third-order valence-electron chi connectivity index (χ3n) is 2.58. The molecule has 2 aromatic rings. The zero-order valence-electron chi connectivity index (χ0n) is 10.1. The van der Waals surface area contributed by atoms with Crippen molar-refractivity contribution in [2.75, 3.05) is 5.32 Å². The van der Waals surface area contributed by atoms with Crippen LogP contribution in [0.2, 0.25) is 0 Å². The van der Waals surface area contributed by atoms with Crippen LogP contribution in [0.25, 0.3) is 0 Å². The van der Waals surface area contributed by atoms with Crippen molar-refractivity contribution in [3.63, 3.8) is 0 Å². The van der Waals surface area contributed by atoms with E-state index < -0.39 is 0 Å². The second kappa shape index (κ2) is 5.46. The summed E-state index contributed by atoms with van der Waals surface area (Å²) in [6.45, 7) is 2.19. The molecule has 1 amide bonds. The Morgan fingerprint density at radius 2 is 2.11 bits per heavy atom. The number of nitrogens with zero attached hydrogens (tertiary/aromatic N) is 1. The van der Waals surface area contributed by atoms with Crippen molar-refractivity contribution in [3.05, 3.63) is 47.2 Å². The number of rotatable bonds is 4. The zero-order chi connectivity index (χ0) is 13.0. The van der Waals surface area contributed by atoms with Gasteiger partial charge in [-0.3, -0.25) is 4.79 Å². The van der Waals surface area contributed by atoms with E-state index in [-0.39, 0.29) is 12.3 Å². The Balaban J connectivity index is 2.03. The van der Waals surface area contributed by atoms with Crippen LogP contribution in [-0.4, -0.2) is 11.1 Å². The molecule has 0 bridgehead atoms. The molecule has 1 aromatic carbocycles. The van der Waals surface area contributed by atoms with Crippen LogP contribution in [0.5, 0.6) is 0 Å². The molecular formula is C13H15N3O2. The number of aryl methyl sites for hydroxylation is 1. The highest BCUT2D eigenvalue weighted by Crippen LogP contribution is 2.11. The molecule has 0 saturated carbocycles. The minimum absolute atomic E-state index is 0.135. The summed E-state index contributed by atoms with van der Waals surface area (Å²) in [7, 11) is 0. The maximum absolute atomic E-state index is 11.8. The number of hydrogen-bond acceptors (Lipinski definition) is 4. The predicted octanol–water partition coefficient (Wildman–Crippen LogP) is 1.62. The normalized spacial score (nSPS) is 10.3. The number of anilines is 1. The lowest BCUT2D eigenvalue weighted by Gasteiger charge is -2.06. The van der Waals surface area contributed by atoms with E-state index in [9.17, 15) is 4.79 Å². The summed E-state index contributed by atoms with van der Waals surface area (Å²) in [6, 6.07) is 9.29. The van der Waals surface area contributed by atoms with Gasteiger partial charge >= 0.3 is 0 Å².